The summed E-state index contributed by atoms with van der Waals surface area (Å²) in [5.74, 6) is 3.62. The third-order valence-electron chi connectivity index (χ3n) is 0.620. The molecule has 0 unspecified atom stereocenters. The van der Waals surface area contributed by atoms with Gasteiger partial charge in [0.05, 0.1) is 7.11 Å². The van der Waals surface area contributed by atoms with E-state index in [1.165, 1.54) is 11.9 Å². The van der Waals surface area contributed by atoms with Gasteiger partial charge in [0.25, 0.3) is 0 Å². The van der Waals surface area contributed by atoms with Crippen molar-refractivity contribution in [2.45, 2.75) is 0 Å². The molecule has 1 aliphatic heterocycles. The van der Waals surface area contributed by atoms with Crippen molar-refractivity contribution in [1.29, 1.82) is 0 Å². The molecule has 0 spiro atoms. The molecule has 0 bridgehead atoms. The zero-order valence-corrected chi connectivity index (χ0v) is 4.71. The van der Waals surface area contributed by atoms with Gasteiger partial charge in [0.2, 0.25) is 0 Å². The summed E-state index contributed by atoms with van der Waals surface area (Å²) in [7, 11) is 1.62. The summed E-state index contributed by atoms with van der Waals surface area (Å²) in [6, 6.07) is 0. The summed E-state index contributed by atoms with van der Waals surface area (Å²) in [5.41, 5.74) is 0. The number of nitrogens with one attached hydrogen (secondary N) is 1. The van der Waals surface area contributed by atoms with Crippen LogP contribution in [0.15, 0.2) is 12.0 Å². The van der Waals surface area contributed by atoms with Crippen LogP contribution < -0.4 is 4.72 Å². The molecule has 1 aliphatic rings. The summed E-state index contributed by atoms with van der Waals surface area (Å²) in [4.78, 5) is 0. The average molecular weight is 115 g/mol. The van der Waals surface area contributed by atoms with Gasteiger partial charge in [0.15, 0.2) is 0 Å². The van der Waals surface area contributed by atoms with E-state index in [4.69, 9.17) is 4.74 Å². The fourth-order valence-corrected chi connectivity index (χ4v) is 0.761. The van der Waals surface area contributed by atoms with Gasteiger partial charge in [-0.25, -0.2) is 0 Å². The maximum absolute atomic E-state index is 4.78. The molecule has 1 N–H and O–H groups in total. The quantitative estimate of drug-likeness (QED) is 0.510. The van der Waals surface area contributed by atoms with Crippen LogP contribution in [0.4, 0.5) is 0 Å². The van der Waals surface area contributed by atoms with Crippen molar-refractivity contribution in [3.63, 3.8) is 0 Å². The van der Waals surface area contributed by atoms with Gasteiger partial charge in [0, 0.05) is 6.20 Å². The number of methoxy groups -OCH3 is 1. The van der Waals surface area contributed by atoms with Crippen LogP contribution in [-0.2, 0) is 4.74 Å². The normalized spacial score (nSPS) is 18.1. The van der Waals surface area contributed by atoms with Crippen LogP contribution in [-0.4, -0.2) is 7.11 Å². The molecule has 38 valence electrons. The van der Waals surface area contributed by atoms with Crippen LogP contribution in [0.2, 0.25) is 0 Å². The second kappa shape index (κ2) is 2.12. The fourth-order valence-electron chi connectivity index (χ4n) is 0.293. The van der Waals surface area contributed by atoms with Gasteiger partial charge < -0.3 is 9.46 Å². The van der Waals surface area contributed by atoms with E-state index in [-0.39, 0.29) is 0 Å². The van der Waals surface area contributed by atoms with Crippen LogP contribution in [0.3, 0.4) is 0 Å². The molecule has 0 atom stereocenters. The van der Waals surface area contributed by atoms with Gasteiger partial charge in [-0.15, -0.1) is 0 Å². The Hall–Kier alpha value is -0.310. The Kier molecular flexibility index (Phi) is 1.46. The summed E-state index contributed by atoms with van der Waals surface area (Å²) in [6.45, 7) is 0. The highest BCUT2D eigenvalue weighted by Crippen LogP contribution is 2.16. The Morgan fingerprint density at radius 2 is 2.86 bits per heavy atom. The van der Waals surface area contributed by atoms with Crippen LogP contribution >= 0.6 is 11.9 Å². The minimum Gasteiger partial charge on any atom is -0.498 e. The van der Waals surface area contributed by atoms with Crippen LogP contribution in [0, 0.1) is 5.75 Å². The van der Waals surface area contributed by atoms with Gasteiger partial charge in [-0.2, -0.15) is 0 Å². The largest absolute Gasteiger partial charge is 0.498 e. The molecule has 0 fully saturated rings. The zero-order chi connectivity index (χ0) is 5.11. The SMILES string of the molecule is COC1=CNS[C]1. The standard InChI is InChI=1S/C4H5NOS/c1-6-4-2-5-7-3-4/h2,5H,1H3. The summed E-state index contributed by atoms with van der Waals surface area (Å²) in [6.07, 6.45) is 1.75. The number of ether oxygens (including phenoxy) is 1. The smallest absolute Gasteiger partial charge is 0.145 e. The maximum atomic E-state index is 4.78. The Morgan fingerprint density at radius 3 is 3.14 bits per heavy atom. The molecule has 0 aromatic rings. The second-order valence-electron chi connectivity index (χ2n) is 1.03. The van der Waals surface area contributed by atoms with Gasteiger partial charge in [-0.3, -0.25) is 0 Å². The lowest BCUT2D eigenvalue weighted by molar-refractivity contribution is 0.304. The summed E-state index contributed by atoms with van der Waals surface area (Å²) in [5, 5.41) is 0. The van der Waals surface area contributed by atoms with E-state index in [2.05, 4.69) is 10.5 Å². The molecule has 7 heavy (non-hydrogen) atoms. The molecule has 2 nitrogen and oxygen atoms in total. The molecular weight excluding hydrogens is 110 g/mol. The lowest BCUT2D eigenvalue weighted by Crippen LogP contribution is -1.80. The number of hydrogen-bond acceptors (Lipinski definition) is 3. The number of hydrogen-bond donors (Lipinski definition) is 1. The Labute approximate surface area is 47.1 Å². The molecule has 0 aromatic carbocycles. The molecular formula is C4H5NOS. The van der Waals surface area contributed by atoms with Crippen molar-refractivity contribution in [1.82, 2.24) is 4.72 Å². The predicted octanol–water partition coefficient (Wildman–Crippen LogP) is 0.764. The number of rotatable bonds is 1. The van der Waals surface area contributed by atoms with Crippen molar-refractivity contribution < 1.29 is 4.74 Å². The molecule has 1 rings (SSSR count). The molecule has 2 radical (unpaired) electrons. The van der Waals surface area contributed by atoms with Crippen molar-refractivity contribution in [3.8, 4) is 0 Å². The van der Waals surface area contributed by atoms with Gasteiger partial charge in [-0.1, -0.05) is 0 Å². The molecule has 0 aromatic heterocycles. The maximum Gasteiger partial charge on any atom is 0.145 e. The van der Waals surface area contributed by atoms with Crippen molar-refractivity contribution in [3.05, 3.63) is 17.7 Å². The van der Waals surface area contributed by atoms with Crippen molar-refractivity contribution >= 4 is 11.9 Å². The Balaban J connectivity index is 2.36. The molecule has 3 heteroatoms. The molecule has 0 amide bonds. The van der Waals surface area contributed by atoms with Crippen LogP contribution in [0.1, 0.15) is 0 Å². The van der Waals surface area contributed by atoms with Gasteiger partial charge in [0.1, 0.15) is 11.5 Å². The second-order valence-corrected chi connectivity index (χ2v) is 1.68. The van der Waals surface area contributed by atoms with E-state index in [9.17, 15) is 0 Å². The van der Waals surface area contributed by atoms with Crippen LogP contribution in [0.5, 0.6) is 0 Å². The fraction of sp³-hybridized carbons (Fsp3) is 0.250. The van der Waals surface area contributed by atoms with Crippen molar-refractivity contribution in [2.75, 3.05) is 7.11 Å². The first-order chi connectivity index (χ1) is 3.43. The molecule has 0 aliphatic carbocycles. The minimum absolute atomic E-state index is 0.769. The first kappa shape index (κ1) is 4.84. The topological polar surface area (TPSA) is 21.3 Å². The first-order valence-electron chi connectivity index (χ1n) is 1.85. The first-order valence-corrected chi connectivity index (χ1v) is 2.66. The molecule has 0 saturated carbocycles. The van der Waals surface area contributed by atoms with Gasteiger partial charge >= 0.3 is 0 Å². The van der Waals surface area contributed by atoms with E-state index in [1.54, 1.807) is 13.3 Å². The van der Waals surface area contributed by atoms with Crippen molar-refractivity contribution in [2.24, 2.45) is 0 Å². The zero-order valence-electron chi connectivity index (χ0n) is 3.89. The molecule has 0 saturated heterocycles. The van der Waals surface area contributed by atoms with E-state index in [0.717, 1.165) is 5.76 Å². The van der Waals surface area contributed by atoms with E-state index >= 15 is 0 Å². The average Bonchev–Trinajstić information content (AvgIpc) is 2.14. The van der Waals surface area contributed by atoms with E-state index < -0.39 is 0 Å². The Morgan fingerprint density at radius 1 is 2.00 bits per heavy atom. The predicted molar refractivity (Wildman–Crippen MR) is 29.1 cm³/mol. The Bertz CT molecular complexity index is 91.7. The van der Waals surface area contributed by atoms with Crippen LogP contribution in [0.25, 0.3) is 0 Å². The highest BCUT2D eigenvalue weighted by Gasteiger charge is 2.03. The summed E-state index contributed by atoms with van der Waals surface area (Å²) < 4.78 is 7.62. The minimum atomic E-state index is 0.769. The molecule has 1 heterocycles. The lowest BCUT2D eigenvalue weighted by atomic mass is 10.6. The third kappa shape index (κ3) is 1.03. The third-order valence-corrected chi connectivity index (χ3v) is 1.16. The highest BCUT2D eigenvalue weighted by atomic mass is 32.2. The summed E-state index contributed by atoms with van der Waals surface area (Å²) >= 11 is 1.39. The van der Waals surface area contributed by atoms with E-state index in [1.807, 2.05) is 0 Å². The monoisotopic (exact) mass is 115 g/mol. The van der Waals surface area contributed by atoms with E-state index in [0.29, 0.717) is 0 Å². The van der Waals surface area contributed by atoms with Gasteiger partial charge in [-0.05, 0) is 11.9 Å². The lowest BCUT2D eigenvalue weighted by Gasteiger charge is -1.90. The highest BCUT2D eigenvalue weighted by molar-refractivity contribution is 7.99.